The van der Waals surface area contributed by atoms with Gasteiger partial charge in [0.2, 0.25) is 6.79 Å². The smallest absolute Gasteiger partial charge is 0.261 e. The molecule has 166 valence electrons. The van der Waals surface area contributed by atoms with Crippen LogP contribution >= 0.6 is 11.6 Å². The van der Waals surface area contributed by atoms with E-state index >= 15 is 0 Å². The molecular formula is C22H19ClN2O6S. The SMILES string of the molecule is O=C(COc1ccc(S(=O)(=O)Nc2ccc(Cl)cc2)cc1)NCc1ccc2c(c1)OCO2. The summed E-state index contributed by atoms with van der Waals surface area (Å²) in [5, 5.41) is 3.26. The molecule has 4 rings (SSSR count). The first kappa shape index (κ1) is 21.8. The summed E-state index contributed by atoms with van der Waals surface area (Å²) in [5.41, 5.74) is 1.26. The lowest BCUT2D eigenvalue weighted by molar-refractivity contribution is -0.123. The van der Waals surface area contributed by atoms with Gasteiger partial charge in [0.05, 0.1) is 4.90 Å². The fourth-order valence-electron chi connectivity index (χ4n) is 2.90. The molecule has 3 aromatic rings. The van der Waals surface area contributed by atoms with E-state index in [-0.39, 0.29) is 24.2 Å². The molecule has 0 saturated heterocycles. The lowest BCUT2D eigenvalue weighted by Gasteiger charge is -2.10. The predicted molar refractivity (Wildman–Crippen MR) is 119 cm³/mol. The van der Waals surface area contributed by atoms with Crippen LogP contribution in [0.2, 0.25) is 5.02 Å². The van der Waals surface area contributed by atoms with Crippen molar-refractivity contribution in [3.63, 3.8) is 0 Å². The third kappa shape index (κ3) is 5.43. The van der Waals surface area contributed by atoms with Gasteiger partial charge >= 0.3 is 0 Å². The third-order valence-electron chi connectivity index (χ3n) is 4.53. The Labute approximate surface area is 190 Å². The van der Waals surface area contributed by atoms with E-state index < -0.39 is 10.0 Å². The Morgan fingerprint density at radius 2 is 1.69 bits per heavy atom. The van der Waals surface area contributed by atoms with Gasteiger partial charge in [-0.2, -0.15) is 0 Å². The van der Waals surface area contributed by atoms with E-state index in [9.17, 15) is 13.2 Å². The van der Waals surface area contributed by atoms with Crippen molar-refractivity contribution in [2.24, 2.45) is 0 Å². The minimum atomic E-state index is -3.76. The highest BCUT2D eigenvalue weighted by molar-refractivity contribution is 7.92. The van der Waals surface area contributed by atoms with Crippen LogP contribution in [0.25, 0.3) is 0 Å². The topological polar surface area (TPSA) is 103 Å². The third-order valence-corrected chi connectivity index (χ3v) is 6.18. The van der Waals surface area contributed by atoms with Crippen molar-refractivity contribution in [1.82, 2.24) is 5.32 Å². The number of rotatable bonds is 8. The van der Waals surface area contributed by atoms with Gasteiger partial charge in [-0.15, -0.1) is 0 Å². The Kier molecular flexibility index (Phi) is 6.38. The van der Waals surface area contributed by atoms with Gasteiger partial charge in [0, 0.05) is 17.3 Å². The fraction of sp³-hybridized carbons (Fsp3) is 0.136. The van der Waals surface area contributed by atoms with Crippen molar-refractivity contribution >= 4 is 33.2 Å². The number of halogens is 1. The summed E-state index contributed by atoms with van der Waals surface area (Å²) in [6, 6.07) is 17.5. The van der Waals surface area contributed by atoms with Crippen molar-refractivity contribution in [1.29, 1.82) is 0 Å². The van der Waals surface area contributed by atoms with Gasteiger partial charge in [0.1, 0.15) is 5.75 Å². The van der Waals surface area contributed by atoms with Crippen LogP contribution in [-0.4, -0.2) is 27.7 Å². The number of anilines is 1. The number of nitrogens with one attached hydrogen (secondary N) is 2. The zero-order chi connectivity index (χ0) is 22.6. The zero-order valence-corrected chi connectivity index (χ0v) is 18.3. The first-order chi connectivity index (χ1) is 15.4. The van der Waals surface area contributed by atoms with Crippen LogP contribution in [0.1, 0.15) is 5.56 Å². The molecule has 10 heteroatoms. The normalized spacial score (nSPS) is 12.3. The van der Waals surface area contributed by atoms with Crippen LogP contribution < -0.4 is 24.2 Å². The Hall–Kier alpha value is -3.43. The van der Waals surface area contributed by atoms with Gasteiger partial charge in [0.25, 0.3) is 15.9 Å². The molecule has 0 aromatic heterocycles. The number of carbonyl (C=O) groups excluding carboxylic acids is 1. The van der Waals surface area contributed by atoms with Crippen molar-refractivity contribution in [3.8, 4) is 17.2 Å². The average Bonchev–Trinajstić information content (AvgIpc) is 3.26. The van der Waals surface area contributed by atoms with E-state index in [0.717, 1.165) is 5.56 Å². The molecule has 0 unspecified atom stereocenters. The summed E-state index contributed by atoms with van der Waals surface area (Å²) in [5.74, 6) is 1.38. The Morgan fingerprint density at radius 3 is 2.44 bits per heavy atom. The summed E-state index contributed by atoms with van der Waals surface area (Å²) >= 11 is 5.81. The second kappa shape index (κ2) is 9.37. The van der Waals surface area contributed by atoms with Crippen molar-refractivity contribution in [2.45, 2.75) is 11.4 Å². The number of carbonyl (C=O) groups is 1. The molecule has 0 aliphatic carbocycles. The van der Waals surface area contributed by atoms with Crippen LogP contribution in [0, 0.1) is 0 Å². The Bertz CT molecular complexity index is 1210. The molecule has 2 N–H and O–H groups in total. The molecule has 3 aromatic carbocycles. The summed E-state index contributed by atoms with van der Waals surface area (Å²) in [4.78, 5) is 12.1. The number of hydrogen-bond donors (Lipinski definition) is 2. The highest BCUT2D eigenvalue weighted by Gasteiger charge is 2.15. The molecule has 1 amide bonds. The lowest BCUT2D eigenvalue weighted by Crippen LogP contribution is -2.28. The number of hydrogen-bond acceptors (Lipinski definition) is 6. The van der Waals surface area contributed by atoms with Gasteiger partial charge in [-0.3, -0.25) is 9.52 Å². The maximum Gasteiger partial charge on any atom is 0.261 e. The van der Waals surface area contributed by atoms with Gasteiger partial charge in [-0.25, -0.2) is 8.42 Å². The highest BCUT2D eigenvalue weighted by atomic mass is 35.5. The maximum absolute atomic E-state index is 12.5. The number of sulfonamides is 1. The molecule has 1 aliphatic heterocycles. The number of amides is 1. The molecule has 1 aliphatic rings. The van der Waals surface area contributed by atoms with Crippen LogP contribution in [-0.2, 0) is 21.4 Å². The number of benzene rings is 3. The Morgan fingerprint density at radius 1 is 0.969 bits per heavy atom. The quantitative estimate of drug-likeness (QED) is 0.517. The molecule has 32 heavy (non-hydrogen) atoms. The Balaban J connectivity index is 1.27. The average molecular weight is 475 g/mol. The fourth-order valence-corrected chi connectivity index (χ4v) is 4.08. The van der Waals surface area contributed by atoms with Gasteiger partial charge in [-0.05, 0) is 66.2 Å². The number of ether oxygens (including phenoxy) is 3. The van der Waals surface area contributed by atoms with Gasteiger partial charge < -0.3 is 19.5 Å². The van der Waals surface area contributed by atoms with E-state index in [2.05, 4.69) is 10.0 Å². The standard InChI is InChI=1S/C22H19ClN2O6S/c23-16-2-4-17(5-3-16)25-32(27,28)19-8-6-18(7-9-19)29-13-22(26)24-12-15-1-10-20-21(11-15)31-14-30-20/h1-11,25H,12-14H2,(H,24,26). The first-order valence-electron chi connectivity index (χ1n) is 9.55. The largest absolute Gasteiger partial charge is 0.484 e. The highest BCUT2D eigenvalue weighted by Crippen LogP contribution is 2.32. The lowest BCUT2D eigenvalue weighted by atomic mass is 10.2. The summed E-state index contributed by atoms with van der Waals surface area (Å²) in [7, 11) is -3.76. The summed E-state index contributed by atoms with van der Waals surface area (Å²) in [6.45, 7) is 0.294. The number of fused-ring (bicyclic) bond motifs is 1. The minimum absolute atomic E-state index is 0.0621. The van der Waals surface area contributed by atoms with Crippen LogP contribution in [0.5, 0.6) is 17.2 Å². The monoisotopic (exact) mass is 474 g/mol. The van der Waals surface area contributed by atoms with Crippen LogP contribution in [0.4, 0.5) is 5.69 Å². The second-order valence-electron chi connectivity index (χ2n) is 6.84. The summed E-state index contributed by atoms with van der Waals surface area (Å²) < 4.78 is 43.5. The van der Waals surface area contributed by atoms with E-state index in [1.165, 1.54) is 24.3 Å². The van der Waals surface area contributed by atoms with E-state index in [0.29, 0.717) is 34.5 Å². The minimum Gasteiger partial charge on any atom is -0.484 e. The molecule has 0 fully saturated rings. The molecule has 0 saturated carbocycles. The van der Waals surface area contributed by atoms with Crippen molar-refractivity contribution in [3.05, 3.63) is 77.3 Å². The van der Waals surface area contributed by atoms with Gasteiger partial charge in [0.15, 0.2) is 18.1 Å². The molecular weight excluding hydrogens is 456 g/mol. The first-order valence-corrected chi connectivity index (χ1v) is 11.4. The molecule has 0 atom stereocenters. The maximum atomic E-state index is 12.5. The molecule has 0 radical (unpaired) electrons. The molecule has 1 heterocycles. The van der Waals surface area contributed by atoms with Crippen molar-refractivity contribution < 1.29 is 27.4 Å². The van der Waals surface area contributed by atoms with E-state index in [1.807, 2.05) is 6.07 Å². The van der Waals surface area contributed by atoms with Crippen LogP contribution in [0.3, 0.4) is 0 Å². The van der Waals surface area contributed by atoms with Crippen LogP contribution in [0.15, 0.2) is 71.6 Å². The second-order valence-corrected chi connectivity index (χ2v) is 8.96. The summed E-state index contributed by atoms with van der Waals surface area (Å²) in [6.07, 6.45) is 0. The predicted octanol–water partition coefficient (Wildman–Crippen LogP) is 3.56. The van der Waals surface area contributed by atoms with E-state index in [1.54, 1.807) is 36.4 Å². The van der Waals surface area contributed by atoms with E-state index in [4.69, 9.17) is 25.8 Å². The molecule has 0 bridgehead atoms. The molecule has 8 nitrogen and oxygen atoms in total. The zero-order valence-electron chi connectivity index (χ0n) is 16.7. The molecule has 0 spiro atoms. The van der Waals surface area contributed by atoms with Gasteiger partial charge in [-0.1, -0.05) is 17.7 Å². The van der Waals surface area contributed by atoms with Crippen molar-refractivity contribution in [2.75, 3.05) is 18.1 Å².